The van der Waals surface area contributed by atoms with Gasteiger partial charge in [-0.1, -0.05) is 29.8 Å². The molecule has 2 rings (SSSR count). The molecule has 0 aliphatic carbocycles. The molecule has 0 radical (unpaired) electrons. The standard InChI is InChI=1S/C14H14ClFN2O/c1-17-14-7-6-11(15)13(18-14)9-19-8-10-4-2-3-5-12(10)16/h2-7H,8-9H2,1H3,(H,17,18). The number of pyridine rings is 1. The lowest BCUT2D eigenvalue weighted by Crippen LogP contribution is -2.01. The maximum atomic E-state index is 13.4. The Balaban J connectivity index is 1.98. The van der Waals surface area contributed by atoms with Crippen LogP contribution in [0.25, 0.3) is 0 Å². The highest BCUT2D eigenvalue weighted by atomic mass is 35.5. The number of anilines is 1. The van der Waals surface area contributed by atoms with E-state index in [2.05, 4.69) is 10.3 Å². The number of hydrogen-bond acceptors (Lipinski definition) is 3. The van der Waals surface area contributed by atoms with Gasteiger partial charge in [-0.15, -0.1) is 0 Å². The van der Waals surface area contributed by atoms with Crippen LogP contribution in [0.15, 0.2) is 36.4 Å². The molecule has 0 fully saturated rings. The predicted molar refractivity (Wildman–Crippen MR) is 73.7 cm³/mol. The number of nitrogens with zero attached hydrogens (tertiary/aromatic N) is 1. The molecule has 0 amide bonds. The quantitative estimate of drug-likeness (QED) is 0.908. The van der Waals surface area contributed by atoms with E-state index in [4.69, 9.17) is 16.3 Å². The van der Waals surface area contributed by atoms with E-state index in [0.717, 1.165) is 0 Å². The monoisotopic (exact) mass is 280 g/mol. The molecule has 0 atom stereocenters. The predicted octanol–water partition coefficient (Wildman–Crippen LogP) is 3.63. The largest absolute Gasteiger partial charge is 0.373 e. The summed E-state index contributed by atoms with van der Waals surface area (Å²) >= 11 is 6.02. The van der Waals surface area contributed by atoms with Crippen LogP contribution in [0, 0.1) is 5.82 Å². The summed E-state index contributed by atoms with van der Waals surface area (Å²) in [6, 6.07) is 10.0. The molecule has 5 heteroatoms. The van der Waals surface area contributed by atoms with Crippen LogP contribution in [-0.2, 0) is 18.0 Å². The summed E-state index contributed by atoms with van der Waals surface area (Å²) in [5.41, 5.74) is 1.15. The number of hydrogen-bond donors (Lipinski definition) is 1. The van der Waals surface area contributed by atoms with Gasteiger partial charge in [0, 0.05) is 12.6 Å². The van der Waals surface area contributed by atoms with Crippen molar-refractivity contribution in [2.45, 2.75) is 13.2 Å². The molecule has 0 saturated heterocycles. The van der Waals surface area contributed by atoms with Crippen LogP contribution < -0.4 is 5.32 Å². The minimum atomic E-state index is -0.273. The lowest BCUT2D eigenvalue weighted by atomic mass is 10.2. The van der Waals surface area contributed by atoms with E-state index >= 15 is 0 Å². The Kier molecular flexibility index (Phi) is 4.71. The average Bonchev–Trinajstić information content (AvgIpc) is 2.43. The molecule has 100 valence electrons. The fourth-order valence-corrected chi connectivity index (χ4v) is 1.76. The number of benzene rings is 1. The highest BCUT2D eigenvalue weighted by Gasteiger charge is 2.05. The number of aromatic nitrogens is 1. The normalized spacial score (nSPS) is 10.5. The summed E-state index contributed by atoms with van der Waals surface area (Å²) < 4.78 is 18.8. The first-order valence-corrected chi connectivity index (χ1v) is 6.23. The van der Waals surface area contributed by atoms with Crippen molar-refractivity contribution in [2.24, 2.45) is 0 Å². The van der Waals surface area contributed by atoms with Gasteiger partial charge in [0.25, 0.3) is 0 Å². The van der Waals surface area contributed by atoms with E-state index in [1.807, 2.05) is 0 Å². The van der Waals surface area contributed by atoms with Gasteiger partial charge >= 0.3 is 0 Å². The van der Waals surface area contributed by atoms with Gasteiger partial charge in [0.2, 0.25) is 0 Å². The Hall–Kier alpha value is -1.65. The van der Waals surface area contributed by atoms with Crippen LogP contribution in [0.4, 0.5) is 10.2 Å². The lowest BCUT2D eigenvalue weighted by molar-refractivity contribution is 0.102. The number of ether oxygens (including phenoxy) is 1. The van der Waals surface area contributed by atoms with E-state index in [1.165, 1.54) is 6.07 Å². The molecule has 0 unspecified atom stereocenters. The van der Waals surface area contributed by atoms with Crippen molar-refractivity contribution in [3.05, 3.63) is 58.5 Å². The molecule has 19 heavy (non-hydrogen) atoms. The molecule has 0 bridgehead atoms. The first-order chi connectivity index (χ1) is 9.20. The van der Waals surface area contributed by atoms with E-state index in [9.17, 15) is 4.39 Å². The van der Waals surface area contributed by atoms with Gasteiger partial charge in [0.15, 0.2) is 0 Å². The third kappa shape index (κ3) is 3.66. The minimum absolute atomic E-state index is 0.189. The summed E-state index contributed by atoms with van der Waals surface area (Å²) in [5, 5.41) is 3.46. The first kappa shape index (κ1) is 13.8. The van der Waals surface area contributed by atoms with E-state index < -0.39 is 0 Å². The van der Waals surface area contributed by atoms with E-state index in [1.54, 1.807) is 37.4 Å². The highest BCUT2D eigenvalue weighted by Crippen LogP contribution is 2.18. The Labute approximate surface area is 116 Å². The third-order valence-electron chi connectivity index (χ3n) is 2.63. The summed E-state index contributed by atoms with van der Waals surface area (Å²) in [7, 11) is 1.78. The molecule has 0 aliphatic rings. The molecule has 0 aliphatic heterocycles. The fraction of sp³-hybridized carbons (Fsp3) is 0.214. The second-order valence-electron chi connectivity index (χ2n) is 3.96. The summed E-state index contributed by atoms with van der Waals surface area (Å²) in [6.45, 7) is 0.428. The van der Waals surface area contributed by atoms with Crippen LogP contribution in [0.1, 0.15) is 11.3 Å². The van der Waals surface area contributed by atoms with Crippen molar-refractivity contribution in [3.63, 3.8) is 0 Å². The molecule has 1 aromatic carbocycles. The van der Waals surface area contributed by atoms with Crippen molar-refractivity contribution < 1.29 is 9.13 Å². The highest BCUT2D eigenvalue weighted by molar-refractivity contribution is 6.31. The molecule has 1 aromatic heterocycles. The minimum Gasteiger partial charge on any atom is -0.373 e. The average molecular weight is 281 g/mol. The topological polar surface area (TPSA) is 34.1 Å². The van der Waals surface area contributed by atoms with Gasteiger partial charge in [0.05, 0.1) is 23.9 Å². The van der Waals surface area contributed by atoms with Crippen LogP contribution in [0.5, 0.6) is 0 Å². The van der Waals surface area contributed by atoms with Crippen LogP contribution in [-0.4, -0.2) is 12.0 Å². The maximum absolute atomic E-state index is 13.4. The summed E-state index contributed by atoms with van der Waals surface area (Å²) in [5.74, 6) is 0.444. The second-order valence-corrected chi connectivity index (χ2v) is 4.37. The van der Waals surface area contributed by atoms with Crippen LogP contribution >= 0.6 is 11.6 Å². The lowest BCUT2D eigenvalue weighted by Gasteiger charge is -2.08. The number of nitrogens with one attached hydrogen (secondary N) is 1. The Morgan fingerprint density at radius 3 is 2.74 bits per heavy atom. The maximum Gasteiger partial charge on any atom is 0.128 e. The van der Waals surface area contributed by atoms with Gasteiger partial charge in [-0.3, -0.25) is 0 Å². The fourth-order valence-electron chi connectivity index (χ4n) is 1.60. The van der Waals surface area contributed by atoms with Gasteiger partial charge in [-0.25, -0.2) is 9.37 Å². The molecule has 3 nitrogen and oxygen atoms in total. The Morgan fingerprint density at radius 2 is 2.00 bits per heavy atom. The zero-order valence-electron chi connectivity index (χ0n) is 10.5. The Bertz CT molecular complexity index is 563. The van der Waals surface area contributed by atoms with Gasteiger partial charge in [-0.05, 0) is 18.2 Å². The molecular weight excluding hydrogens is 267 g/mol. The van der Waals surface area contributed by atoms with Crippen molar-refractivity contribution in [2.75, 3.05) is 12.4 Å². The van der Waals surface area contributed by atoms with Crippen molar-refractivity contribution >= 4 is 17.4 Å². The molecule has 0 saturated carbocycles. The zero-order chi connectivity index (χ0) is 13.7. The van der Waals surface area contributed by atoms with Gasteiger partial charge < -0.3 is 10.1 Å². The number of halogens is 2. The van der Waals surface area contributed by atoms with Crippen molar-refractivity contribution in [3.8, 4) is 0 Å². The SMILES string of the molecule is CNc1ccc(Cl)c(COCc2ccccc2F)n1. The summed E-state index contributed by atoms with van der Waals surface area (Å²) in [6.07, 6.45) is 0. The first-order valence-electron chi connectivity index (χ1n) is 5.85. The third-order valence-corrected chi connectivity index (χ3v) is 2.97. The Morgan fingerprint density at radius 1 is 1.21 bits per heavy atom. The zero-order valence-corrected chi connectivity index (χ0v) is 11.2. The van der Waals surface area contributed by atoms with E-state index in [-0.39, 0.29) is 19.0 Å². The molecule has 0 spiro atoms. The molecule has 2 aromatic rings. The van der Waals surface area contributed by atoms with Gasteiger partial charge in [-0.2, -0.15) is 0 Å². The van der Waals surface area contributed by atoms with Crippen LogP contribution in [0.2, 0.25) is 5.02 Å². The van der Waals surface area contributed by atoms with Crippen LogP contribution in [0.3, 0.4) is 0 Å². The number of rotatable bonds is 5. The van der Waals surface area contributed by atoms with Crippen molar-refractivity contribution in [1.82, 2.24) is 4.98 Å². The molecule has 1 N–H and O–H groups in total. The molecule has 1 heterocycles. The second kappa shape index (κ2) is 6.50. The van der Waals surface area contributed by atoms with Crippen molar-refractivity contribution in [1.29, 1.82) is 0 Å². The molecular formula is C14H14ClFN2O. The van der Waals surface area contributed by atoms with Gasteiger partial charge in [0.1, 0.15) is 11.6 Å². The summed E-state index contributed by atoms with van der Waals surface area (Å²) in [4.78, 5) is 4.28. The smallest absolute Gasteiger partial charge is 0.128 e. The van der Waals surface area contributed by atoms with E-state index in [0.29, 0.717) is 22.1 Å².